The number of rotatable bonds is 4. The molecule has 0 aromatic heterocycles. The van der Waals surface area contributed by atoms with E-state index in [1.54, 1.807) is 0 Å². The van der Waals surface area contributed by atoms with Crippen molar-refractivity contribution in [2.45, 2.75) is 20.8 Å². The Balaban J connectivity index is 0.000000621. The fourth-order valence-corrected chi connectivity index (χ4v) is 1.93. The number of benzene rings is 1. The molecule has 1 rings (SSSR count). The second-order valence-electron chi connectivity index (χ2n) is 4.87. The molecule has 0 amide bonds. The molecule has 20 heavy (non-hydrogen) atoms. The van der Waals surface area contributed by atoms with Gasteiger partial charge in [-0.2, -0.15) is 0 Å². The molecule has 2 N–H and O–H groups in total. The third kappa shape index (κ3) is 7.35. The highest BCUT2D eigenvalue weighted by Gasteiger charge is 2.05. The summed E-state index contributed by atoms with van der Waals surface area (Å²) in [5, 5.41) is 4.33. The van der Waals surface area contributed by atoms with Crippen molar-refractivity contribution in [3.8, 4) is 0 Å². The van der Waals surface area contributed by atoms with Gasteiger partial charge in [-0.05, 0) is 44.5 Å². The van der Waals surface area contributed by atoms with Gasteiger partial charge in [0.15, 0.2) is 0 Å². The fourth-order valence-electron chi connectivity index (χ4n) is 1.93. The maximum atomic E-state index is 9.41. The predicted octanol–water partition coefficient (Wildman–Crippen LogP) is 1.81. The number of aryl methyl sites for hydroxylation is 1. The van der Waals surface area contributed by atoms with Crippen LogP contribution in [0.5, 0.6) is 0 Å². The van der Waals surface area contributed by atoms with Crippen LogP contribution in [-0.2, 0) is 10.0 Å². The zero-order valence-corrected chi connectivity index (χ0v) is 14.2. The lowest BCUT2D eigenvalue weighted by Gasteiger charge is -2.23. The molecule has 6 heteroatoms. The summed E-state index contributed by atoms with van der Waals surface area (Å²) in [5.41, 5.74) is 3.96. The molecule has 1 aromatic rings. The van der Waals surface area contributed by atoms with E-state index < -0.39 is 10.0 Å². The first-order valence-electron chi connectivity index (χ1n) is 6.60. The topological polar surface area (TPSA) is 66.6 Å². The zero-order valence-electron chi connectivity index (χ0n) is 13.3. The molecular formula is C14H27N3O2S. The molecule has 0 aliphatic heterocycles. The molecular weight excluding hydrogens is 274 g/mol. The largest absolute Gasteiger partial charge is 0.377 e. The Morgan fingerprint density at radius 3 is 1.90 bits per heavy atom. The van der Waals surface area contributed by atoms with Crippen molar-refractivity contribution < 1.29 is 8.42 Å². The van der Waals surface area contributed by atoms with Gasteiger partial charge in [-0.25, -0.2) is 13.6 Å². The van der Waals surface area contributed by atoms with Crippen molar-refractivity contribution in [2.24, 2.45) is 5.14 Å². The monoisotopic (exact) mass is 301 g/mol. The summed E-state index contributed by atoms with van der Waals surface area (Å²) >= 11 is 0. The molecule has 0 atom stereocenters. The first-order valence-corrected chi connectivity index (χ1v) is 8.56. The number of primary sulfonamides is 1. The average Bonchev–Trinajstić information content (AvgIpc) is 2.28. The Bertz CT molecular complexity index is 501. The lowest BCUT2D eigenvalue weighted by atomic mass is 10.1. The van der Waals surface area contributed by atoms with E-state index in [0.717, 1.165) is 19.3 Å². The summed E-state index contributed by atoms with van der Waals surface area (Å²) in [6.45, 7) is 8.69. The van der Waals surface area contributed by atoms with Crippen LogP contribution in [0, 0.1) is 6.92 Å². The highest BCUT2D eigenvalue weighted by atomic mass is 32.2. The number of hydrogen-bond donors (Lipinski definition) is 1. The van der Waals surface area contributed by atoms with Crippen molar-refractivity contribution in [3.05, 3.63) is 23.8 Å². The van der Waals surface area contributed by atoms with Gasteiger partial charge in [-0.3, -0.25) is 0 Å². The second-order valence-corrected chi connectivity index (χ2v) is 6.53. The van der Waals surface area contributed by atoms with Gasteiger partial charge in [0, 0.05) is 38.6 Å². The molecule has 0 heterocycles. The van der Waals surface area contributed by atoms with Crippen LogP contribution in [0.3, 0.4) is 0 Å². The summed E-state index contributed by atoms with van der Waals surface area (Å²) in [4.78, 5) is 4.52. The van der Waals surface area contributed by atoms with Gasteiger partial charge in [0.25, 0.3) is 0 Å². The van der Waals surface area contributed by atoms with E-state index in [4.69, 9.17) is 0 Å². The lowest BCUT2D eigenvalue weighted by Crippen LogP contribution is -2.22. The molecule has 0 radical (unpaired) electrons. The summed E-state index contributed by atoms with van der Waals surface area (Å²) in [6.07, 6.45) is 0.938. The molecule has 0 bridgehead atoms. The number of hydrogen-bond acceptors (Lipinski definition) is 4. The van der Waals surface area contributed by atoms with Gasteiger partial charge >= 0.3 is 0 Å². The smallest absolute Gasteiger partial charge is 0.206 e. The zero-order chi connectivity index (χ0) is 15.9. The molecule has 116 valence electrons. The van der Waals surface area contributed by atoms with Crippen molar-refractivity contribution in [2.75, 3.05) is 43.2 Å². The standard InChI is InChI=1S/C13H22N2.CH5NO2S/c1-6-15(7-2)12-8-9-13(14(4)5)11(3)10-12;1-5(2,3)4/h8-10H,6-7H2,1-5H3;1H3,(H2,2,3,4). The van der Waals surface area contributed by atoms with Crippen LogP contribution in [0.4, 0.5) is 11.4 Å². The maximum Gasteiger partial charge on any atom is 0.206 e. The SMILES string of the molecule is CCN(CC)c1ccc(N(C)C)c(C)c1.CS(N)(=O)=O. The quantitative estimate of drug-likeness (QED) is 0.921. The highest BCUT2D eigenvalue weighted by molar-refractivity contribution is 7.88. The Kier molecular flexibility index (Phi) is 7.60. The molecule has 1 aromatic carbocycles. The first kappa shape index (κ1) is 18.7. The lowest BCUT2D eigenvalue weighted by molar-refractivity contribution is 0.603. The van der Waals surface area contributed by atoms with Gasteiger partial charge in [-0.15, -0.1) is 0 Å². The van der Waals surface area contributed by atoms with Gasteiger partial charge in [0.1, 0.15) is 0 Å². The van der Waals surface area contributed by atoms with Gasteiger partial charge < -0.3 is 9.80 Å². The third-order valence-corrected chi connectivity index (χ3v) is 2.79. The molecule has 0 unspecified atom stereocenters. The van der Waals surface area contributed by atoms with Crippen molar-refractivity contribution in [3.63, 3.8) is 0 Å². The van der Waals surface area contributed by atoms with Crippen LogP contribution >= 0.6 is 0 Å². The first-order chi connectivity index (χ1) is 9.10. The fraction of sp³-hybridized carbons (Fsp3) is 0.571. The molecule has 0 aliphatic carbocycles. The minimum Gasteiger partial charge on any atom is -0.377 e. The third-order valence-electron chi connectivity index (χ3n) is 2.79. The van der Waals surface area contributed by atoms with Crippen molar-refractivity contribution >= 4 is 21.4 Å². The van der Waals surface area contributed by atoms with E-state index >= 15 is 0 Å². The average molecular weight is 301 g/mol. The Morgan fingerprint density at radius 2 is 1.60 bits per heavy atom. The normalized spacial score (nSPS) is 10.6. The van der Waals surface area contributed by atoms with E-state index in [-0.39, 0.29) is 0 Å². The van der Waals surface area contributed by atoms with Crippen LogP contribution in [0.25, 0.3) is 0 Å². The second kappa shape index (κ2) is 8.11. The predicted molar refractivity (Wildman–Crippen MR) is 88.1 cm³/mol. The molecule has 0 spiro atoms. The highest BCUT2D eigenvalue weighted by Crippen LogP contribution is 2.24. The van der Waals surface area contributed by atoms with E-state index in [0.29, 0.717) is 0 Å². The van der Waals surface area contributed by atoms with Gasteiger partial charge in [0.05, 0.1) is 6.26 Å². The van der Waals surface area contributed by atoms with E-state index in [1.807, 2.05) is 0 Å². The van der Waals surface area contributed by atoms with E-state index in [9.17, 15) is 8.42 Å². The van der Waals surface area contributed by atoms with Crippen molar-refractivity contribution in [1.82, 2.24) is 0 Å². The summed E-state index contributed by atoms with van der Waals surface area (Å²) in [6, 6.07) is 6.67. The van der Waals surface area contributed by atoms with Crippen molar-refractivity contribution in [1.29, 1.82) is 0 Å². The van der Waals surface area contributed by atoms with Crippen LogP contribution < -0.4 is 14.9 Å². The molecule has 0 fully saturated rings. The van der Waals surface area contributed by atoms with E-state index in [1.165, 1.54) is 16.9 Å². The van der Waals surface area contributed by atoms with Crippen LogP contribution in [0.2, 0.25) is 0 Å². The van der Waals surface area contributed by atoms with Gasteiger partial charge in [0.2, 0.25) is 10.0 Å². The molecule has 0 aliphatic rings. The number of nitrogens with zero attached hydrogens (tertiary/aromatic N) is 2. The number of anilines is 2. The minimum atomic E-state index is -3.17. The molecule has 0 saturated carbocycles. The summed E-state index contributed by atoms with van der Waals surface area (Å²) < 4.78 is 18.8. The van der Waals surface area contributed by atoms with Crippen LogP contribution in [0.15, 0.2) is 18.2 Å². The number of sulfonamides is 1. The Hall–Kier alpha value is -1.27. The van der Waals surface area contributed by atoms with Gasteiger partial charge in [-0.1, -0.05) is 0 Å². The maximum absolute atomic E-state index is 9.41. The molecule has 0 saturated heterocycles. The Labute approximate surface area is 123 Å². The molecule has 5 nitrogen and oxygen atoms in total. The Morgan fingerprint density at radius 1 is 1.15 bits per heavy atom. The summed E-state index contributed by atoms with van der Waals surface area (Å²) in [7, 11) is 0.999. The van der Waals surface area contributed by atoms with Crippen LogP contribution in [0.1, 0.15) is 19.4 Å². The minimum absolute atomic E-state index is 0.938. The van der Waals surface area contributed by atoms with Crippen LogP contribution in [-0.4, -0.2) is 41.9 Å². The summed E-state index contributed by atoms with van der Waals surface area (Å²) in [5.74, 6) is 0. The van der Waals surface area contributed by atoms with E-state index in [2.05, 4.69) is 68.0 Å². The number of nitrogens with two attached hydrogens (primary N) is 1.